The number of carbonyl (C=O) groups excluding carboxylic acids is 1. The number of fused-ring (bicyclic) bond motifs is 1. The van der Waals surface area contributed by atoms with E-state index in [0.29, 0.717) is 18.2 Å². The van der Waals surface area contributed by atoms with Crippen molar-refractivity contribution in [1.82, 2.24) is 14.9 Å². The van der Waals surface area contributed by atoms with E-state index in [2.05, 4.69) is 14.9 Å². The minimum Gasteiger partial charge on any atom is -0.456 e. The Bertz CT molecular complexity index is 642. The standard InChI is InChI=1S/C16H21N3O2/c1-3-13-11(2)8-14(21-13)16(20)18-10-12-4-6-19-7-5-17-15(19)9-12/h5,7-8,12H,3-4,6,9-10H2,1-2H3,(H,18,20). The first-order valence-electron chi connectivity index (χ1n) is 7.55. The van der Waals surface area contributed by atoms with E-state index in [1.807, 2.05) is 32.3 Å². The van der Waals surface area contributed by atoms with Crippen molar-refractivity contribution in [2.75, 3.05) is 6.54 Å². The Balaban J connectivity index is 1.56. The molecule has 1 aliphatic heterocycles. The van der Waals surface area contributed by atoms with Gasteiger partial charge in [-0.1, -0.05) is 6.92 Å². The molecule has 0 fully saturated rings. The van der Waals surface area contributed by atoms with E-state index in [-0.39, 0.29) is 5.91 Å². The van der Waals surface area contributed by atoms with Crippen molar-refractivity contribution < 1.29 is 9.21 Å². The average molecular weight is 287 g/mol. The van der Waals surface area contributed by atoms with Gasteiger partial charge in [-0.3, -0.25) is 4.79 Å². The molecule has 0 saturated heterocycles. The van der Waals surface area contributed by atoms with Crippen molar-refractivity contribution >= 4 is 5.91 Å². The third kappa shape index (κ3) is 2.86. The molecule has 21 heavy (non-hydrogen) atoms. The Labute approximate surface area is 124 Å². The fourth-order valence-corrected chi connectivity index (χ4v) is 2.90. The van der Waals surface area contributed by atoms with Crippen molar-refractivity contribution in [2.45, 2.75) is 39.7 Å². The van der Waals surface area contributed by atoms with E-state index in [1.165, 1.54) is 0 Å². The van der Waals surface area contributed by atoms with Crippen LogP contribution >= 0.6 is 0 Å². The molecule has 5 heteroatoms. The summed E-state index contributed by atoms with van der Waals surface area (Å²) in [5.74, 6) is 2.75. The van der Waals surface area contributed by atoms with E-state index < -0.39 is 0 Å². The Kier molecular flexibility index (Phi) is 3.82. The number of hydrogen-bond acceptors (Lipinski definition) is 3. The van der Waals surface area contributed by atoms with Gasteiger partial charge in [0, 0.05) is 38.3 Å². The van der Waals surface area contributed by atoms with Crippen LogP contribution in [0.4, 0.5) is 0 Å². The lowest BCUT2D eigenvalue weighted by Gasteiger charge is -2.23. The van der Waals surface area contributed by atoms with Crippen molar-refractivity contribution in [3.05, 3.63) is 41.4 Å². The number of rotatable bonds is 4. The van der Waals surface area contributed by atoms with Crippen LogP contribution < -0.4 is 5.32 Å². The van der Waals surface area contributed by atoms with E-state index in [4.69, 9.17) is 4.42 Å². The normalized spacial score (nSPS) is 17.5. The maximum absolute atomic E-state index is 12.1. The molecule has 3 heterocycles. The van der Waals surface area contributed by atoms with Gasteiger partial charge in [-0.2, -0.15) is 0 Å². The highest BCUT2D eigenvalue weighted by Gasteiger charge is 2.21. The smallest absolute Gasteiger partial charge is 0.287 e. The molecule has 0 bridgehead atoms. The summed E-state index contributed by atoms with van der Waals surface area (Å²) in [5.41, 5.74) is 1.04. The number of imidazole rings is 1. The van der Waals surface area contributed by atoms with Gasteiger partial charge in [0.05, 0.1) is 0 Å². The zero-order valence-corrected chi connectivity index (χ0v) is 12.6. The van der Waals surface area contributed by atoms with Gasteiger partial charge in [-0.05, 0) is 30.9 Å². The third-order valence-electron chi connectivity index (χ3n) is 4.17. The van der Waals surface area contributed by atoms with Crippen LogP contribution in [0.1, 0.15) is 41.0 Å². The van der Waals surface area contributed by atoms with Gasteiger partial charge in [0.25, 0.3) is 5.91 Å². The number of aryl methyl sites for hydroxylation is 3. The molecular weight excluding hydrogens is 266 g/mol. The van der Waals surface area contributed by atoms with Crippen molar-refractivity contribution in [3.63, 3.8) is 0 Å². The minimum atomic E-state index is -0.119. The van der Waals surface area contributed by atoms with E-state index in [9.17, 15) is 4.79 Å². The van der Waals surface area contributed by atoms with Crippen LogP contribution in [0.15, 0.2) is 22.9 Å². The molecule has 1 unspecified atom stereocenters. The lowest BCUT2D eigenvalue weighted by atomic mass is 9.98. The fourth-order valence-electron chi connectivity index (χ4n) is 2.90. The number of hydrogen-bond donors (Lipinski definition) is 1. The van der Waals surface area contributed by atoms with Crippen LogP contribution in [0.5, 0.6) is 0 Å². The lowest BCUT2D eigenvalue weighted by molar-refractivity contribution is 0.0915. The van der Waals surface area contributed by atoms with Gasteiger partial charge in [-0.15, -0.1) is 0 Å². The SMILES string of the molecule is CCc1oc(C(=O)NCC2CCn3ccnc3C2)cc1C. The number of amides is 1. The second kappa shape index (κ2) is 5.76. The molecule has 0 aliphatic carbocycles. The van der Waals surface area contributed by atoms with Gasteiger partial charge in [0.1, 0.15) is 11.6 Å². The highest BCUT2D eigenvalue weighted by molar-refractivity contribution is 5.91. The molecule has 1 N–H and O–H groups in total. The van der Waals surface area contributed by atoms with Crippen LogP contribution in [0, 0.1) is 12.8 Å². The predicted octanol–water partition coefficient (Wildman–Crippen LogP) is 2.34. The second-order valence-electron chi connectivity index (χ2n) is 5.68. The first kappa shape index (κ1) is 13.9. The number of nitrogens with one attached hydrogen (secondary N) is 1. The first-order valence-corrected chi connectivity index (χ1v) is 7.55. The first-order chi connectivity index (χ1) is 10.2. The van der Waals surface area contributed by atoms with E-state index >= 15 is 0 Å². The van der Waals surface area contributed by atoms with Crippen LogP contribution in [-0.4, -0.2) is 22.0 Å². The maximum Gasteiger partial charge on any atom is 0.287 e. The molecule has 5 nitrogen and oxygen atoms in total. The maximum atomic E-state index is 12.1. The largest absolute Gasteiger partial charge is 0.456 e. The third-order valence-corrected chi connectivity index (χ3v) is 4.17. The number of carbonyl (C=O) groups is 1. The van der Waals surface area contributed by atoms with E-state index in [1.54, 1.807) is 0 Å². The number of nitrogens with zero attached hydrogens (tertiary/aromatic N) is 2. The van der Waals surface area contributed by atoms with Gasteiger partial charge in [0.2, 0.25) is 0 Å². The Hall–Kier alpha value is -2.04. The molecule has 0 spiro atoms. The Morgan fingerprint density at radius 3 is 3.19 bits per heavy atom. The molecule has 2 aromatic rings. The summed E-state index contributed by atoms with van der Waals surface area (Å²) < 4.78 is 7.76. The highest BCUT2D eigenvalue weighted by atomic mass is 16.4. The quantitative estimate of drug-likeness (QED) is 0.939. The Morgan fingerprint density at radius 1 is 1.57 bits per heavy atom. The van der Waals surface area contributed by atoms with Crippen LogP contribution in [0.25, 0.3) is 0 Å². The summed E-state index contributed by atoms with van der Waals surface area (Å²) >= 11 is 0. The van der Waals surface area contributed by atoms with Gasteiger partial charge >= 0.3 is 0 Å². The summed E-state index contributed by atoms with van der Waals surface area (Å²) in [7, 11) is 0. The summed E-state index contributed by atoms with van der Waals surface area (Å²) in [4.78, 5) is 16.5. The van der Waals surface area contributed by atoms with Gasteiger partial charge in [-0.25, -0.2) is 4.98 Å². The van der Waals surface area contributed by atoms with Crippen molar-refractivity contribution in [3.8, 4) is 0 Å². The predicted molar refractivity (Wildman–Crippen MR) is 79.2 cm³/mol. The average Bonchev–Trinajstić information content (AvgIpc) is 3.10. The second-order valence-corrected chi connectivity index (χ2v) is 5.68. The number of furan rings is 1. The molecule has 112 valence electrons. The molecule has 1 atom stereocenters. The van der Waals surface area contributed by atoms with Crippen LogP contribution in [-0.2, 0) is 19.4 Å². The number of aromatic nitrogens is 2. The molecule has 0 aromatic carbocycles. The topological polar surface area (TPSA) is 60.1 Å². The molecule has 0 saturated carbocycles. The molecule has 3 rings (SSSR count). The molecule has 2 aromatic heterocycles. The van der Waals surface area contributed by atoms with Crippen LogP contribution in [0.2, 0.25) is 0 Å². The molecular formula is C16H21N3O2. The highest BCUT2D eigenvalue weighted by Crippen LogP contribution is 2.19. The lowest BCUT2D eigenvalue weighted by Crippen LogP contribution is -2.33. The summed E-state index contributed by atoms with van der Waals surface area (Å²) in [6, 6.07) is 1.82. The van der Waals surface area contributed by atoms with Gasteiger partial charge in [0.15, 0.2) is 5.76 Å². The summed E-state index contributed by atoms with van der Waals surface area (Å²) in [6.07, 6.45) is 6.66. The van der Waals surface area contributed by atoms with Crippen molar-refractivity contribution in [1.29, 1.82) is 0 Å². The van der Waals surface area contributed by atoms with Crippen molar-refractivity contribution in [2.24, 2.45) is 5.92 Å². The van der Waals surface area contributed by atoms with E-state index in [0.717, 1.165) is 43.0 Å². The fraction of sp³-hybridized carbons (Fsp3) is 0.500. The molecule has 1 amide bonds. The minimum absolute atomic E-state index is 0.119. The van der Waals surface area contributed by atoms with Crippen LogP contribution in [0.3, 0.4) is 0 Å². The molecule has 1 aliphatic rings. The van der Waals surface area contributed by atoms with Gasteiger partial charge < -0.3 is 14.3 Å². The zero-order chi connectivity index (χ0) is 14.8. The Morgan fingerprint density at radius 2 is 2.43 bits per heavy atom. The molecule has 0 radical (unpaired) electrons. The monoisotopic (exact) mass is 287 g/mol. The zero-order valence-electron chi connectivity index (χ0n) is 12.6. The summed E-state index contributed by atoms with van der Waals surface area (Å²) in [6.45, 7) is 5.65. The summed E-state index contributed by atoms with van der Waals surface area (Å²) in [5, 5.41) is 2.99.